The first-order chi connectivity index (χ1) is 9.96. The van der Waals surface area contributed by atoms with Crippen molar-refractivity contribution in [2.75, 3.05) is 32.3 Å². The maximum absolute atomic E-state index is 11.6. The summed E-state index contributed by atoms with van der Waals surface area (Å²) in [7, 11) is 2.79. The van der Waals surface area contributed by atoms with Crippen LogP contribution in [0.1, 0.15) is 24.3 Å². The fourth-order valence-corrected chi connectivity index (χ4v) is 2.01. The van der Waals surface area contributed by atoms with Crippen molar-refractivity contribution in [2.45, 2.75) is 19.9 Å². The number of ether oxygens (including phenoxy) is 2. The summed E-state index contributed by atoms with van der Waals surface area (Å²) < 4.78 is 9.67. The number of nitro groups is 1. The fourth-order valence-electron chi connectivity index (χ4n) is 2.01. The lowest BCUT2D eigenvalue weighted by molar-refractivity contribution is -0.384. The van der Waals surface area contributed by atoms with Crippen molar-refractivity contribution in [2.24, 2.45) is 0 Å². The van der Waals surface area contributed by atoms with Crippen LogP contribution in [0.2, 0.25) is 0 Å². The van der Waals surface area contributed by atoms with Gasteiger partial charge in [-0.15, -0.1) is 0 Å². The van der Waals surface area contributed by atoms with Crippen molar-refractivity contribution in [3.63, 3.8) is 0 Å². The summed E-state index contributed by atoms with van der Waals surface area (Å²) in [6.45, 7) is 4.59. The van der Waals surface area contributed by atoms with E-state index in [9.17, 15) is 14.9 Å². The Hall–Kier alpha value is -2.22. The summed E-state index contributed by atoms with van der Waals surface area (Å²) in [5.74, 6) is -0.503. The van der Waals surface area contributed by atoms with Gasteiger partial charge in [0.15, 0.2) is 5.69 Å². The number of likely N-dealkylation sites (N-methyl/N-ethyl adjacent to an activating group) is 1. The topological polar surface area (TPSA) is 94.8 Å². The number of anilines is 1. The van der Waals surface area contributed by atoms with Crippen LogP contribution in [0.3, 0.4) is 0 Å². The van der Waals surface area contributed by atoms with Crippen molar-refractivity contribution >= 4 is 17.5 Å². The number of hydrogen-bond donors (Lipinski definition) is 0. The number of methoxy groups -OCH3 is 2. The molecule has 1 aromatic rings. The van der Waals surface area contributed by atoms with Gasteiger partial charge in [-0.25, -0.2) is 9.78 Å². The van der Waals surface area contributed by atoms with Crippen LogP contribution in [0.15, 0.2) is 12.1 Å². The maximum atomic E-state index is 11.6. The molecule has 1 unspecified atom stereocenters. The summed E-state index contributed by atoms with van der Waals surface area (Å²) >= 11 is 0. The Balaban J connectivity index is 3.33. The van der Waals surface area contributed by atoms with Gasteiger partial charge in [0.1, 0.15) is 0 Å². The third-order valence-electron chi connectivity index (χ3n) is 3.00. The summed E-state index contributed by atoms with van der Waals surface area (Å²) in [5, 5.41) is 11.2. The standard InChI is InChI=1S/C13H19N3O5/c1-5-15(9(2)8-20-3)12-11(16(18)19)7-6-10(14-12)13(17)21-4/h6-7,9H,5,8H2,1-4H3. The van der Waals surface area contributed by atoms with Gasteiger partial charge in [0, 0.05) is 19.7 Å². The van der Waals surface area contributed by atoms with Gasteiger partial charge in [-0.3, -0.25) is 10.1 Å². The molecule has 21 heavy (non-hydrogen) atoms. The van der Waals surface area contributed by atoms with Crippen LogP contribution in [-0.2, 0) is 9.47 Å². The van der Waals surface area contributed by atoms with Gasteiger partial charge in [-0.1, -0.05) is 0 Å². The van der Waals surface area contributed by atoms with Crippen molar-refractivity contribution in [1.82, 2.24) is 4.98 Å². The largest absolute Gasteiger partial charge is 0.464 e. The lowest BCUT2D eigenvalue weighted by atomic mass is 10.2. The molecule has 116 valence electrons. The first-order valence-electron chi connectivity index (χ1n) is 6.45. The minimum atomic E-state index is -0.637. The van der Waals surface area contributed by atoms with Crippen molar-refractivity contribution < 1.29 is 19.2 Å². The first-order valence-corrected chi connectivity index (χ1v) is 6.45. The fraction of sp³-hybridized carbons (Fsp3) is 0.538. The highest BCUT2D eigenvalue weighted by atomic mass is 16.6. The molecule has 1 atom stereocenters. The minimum Gasteiger partial charge on any atom is -0.464 e. The second kappa shape index (κ2) is 7.53. The molecule has 1 aromatic heterocycles. The van der Waals surface area contributed by atoms with Gasteiger partial charge >= 0.3 is 11.7 Å². The van der Waals surface area contributed by atoms with Crippen LogP contribution in [0.5, 0.6) is 0 Å². The minimum absolute atomic E-state index is 0.0289. The molecule has 0 aromatic carbocycles. The van der Waals surface area contributed by atoms with E-state index in [0.717, 1.165) is 0 Å². The van der Waals surface area contributed by atoms with E-state index in [1.807, 2.05) is 13.8 Å². The average Bonchev–Trinajstić information content (AvgIpc) is 2.47. The molecule has 0 amide bonds. The van der Waals surface area contributed by atoms with Gasteiger partial charge in [-0.05, 0) is 19.9 Å². The SMILES string of the molecule is CCN(c1nc(C(=O)OC)ccc1[N+](=O)[O-])C(C)COC. The predicted molar refractivity (Wildman–Crippen MR) is 76.6 cm³/mol. The van der Waals surface area contributed by atoms with E-state index in [2.05, 4.69) is 9.72 Å². The van der Waals surface area contributed by atoms with Crippen molar-refractivity contribution in [3.05, 3.63) is 27.9 Å². The Morgan fingerprint density at radius 3 is 2.62 bits per heavy atom. The number of rotatable bonds is 7. The Kier molecular flexibility index (Phi) is 6.04. The molecule has 0 spiro atoms. The number of carbonyl (C=O) groups is 1. The Morgan fingerprint density at radius 1 is 1.48 bits per heavy atom. The smallest absolute Gasteiger partial charge is 0.356 e. The summed E-state index contributed by atoms with van der Waals surface area (Å²) in [5.41, 5.74) is -0.131. The zero-order chi connectivity index (χ0) is 16.0. The van der Waals surface area contributed by atoms with E-state index < -0.39 is 10.9 Å². The zero-order valence-corrected chi connectivity index (χ0v) is 12.5. The van der Waals surface area contributed by atoms with E-state index in [1.165, 1.54) is 19.2 Å². The normalized spacial score (nSPS) is 11.8. The molecule has 0 saturated carbocycles. The van der Waals surface area contributed by atoms with Crippen LogP contribution >= 0.6 is 0 Å². The third-order valence-corrected chi connectivity index (χ3v) is 3.00. The molecule has 0 aliphatic carbocycles. The first kappa shape index (κ1) is 16.8. The molecular formula is C13H19N3O5. The predicted octanol–water partition coefficient (Wildman–Crippen LogP) is 1.64. The molecule has 0 radical (unpaired) electrons. The van der Waals surface area contributed by atoms with Gasteiger partial charge in [-0.2, -0.15) is 0 Å². The van der Waals surface area contributed by atoms with Gasteiger partial charge in [0.05, 0.1) is 24.7 Å². The van der Waals surface area contributed by atoms with Crippen LogP contribution in [0.4, 0.5) is 11.5 Å². The molecule has 0 aliphatic heterocycles. The molecule has 0 N–H and O–H groups in total. The zero-order valence-electron chi connectivity index (χ0n) is 12.5. The lowest BCUT2D eigenvalue weighted by Crippen LogP contribution is -2.37. The highest BCUT2D eigenvalue weighted by molar-refractivity contribution is 5.88. The Labute approximate surface area is 122 Å². The second-order valence-electron chi connectivity index (χ2n) is 4.38. The van der Waals surface area contributed by atoms with E-state index in [-0.39, 0.29) is 23.2 Å². The quantitative estimate of drug-likeness (QED) is 0.429. The van der Waals surface area contributed by atoms with Crippen LogP contribution in [-0.4, -0.2) is 49.3 Å². The molecule has 0 saturated heterocycles. The van der Waals surface area contributed by atoms with E-state index in [0.29, 0.717) is 13.2 Å². The molecule has 8 nitrogen and oxygen atoms in total. The monoisotopic (exact) mass is 297 g/mol. The van der Waals surface area contributed by atoms with Gasteiger partial charge in [0.2, 0.25) is 5.82 Å². The molecule has 0 fully saturated rings. The van der Waals surface area contributed by atoms with E-state index in [1.54, 1.807) is 12.0 Å². The van der Waals surface area contributed by atoms with Crippen LogP contribution in [0.25, 0.3) is 0 Å². The summed E-state index contributed by atoms with van der Waals surface area (Å²) in [6, 6.07) is 2.41. The second-order valence-corrected chi connectivity index (χ2v) is 4.38. The van der Waals surface area contributed by atoms with Crippen molar-refractivity contribution in [1.29, 1.82) is 0 Å². The number of carbonyl (C=O) groups excluding carboxylic acids is 1. The summed E-state index contributed by atoms with van der Waals surface area (Å²) in [4.78, 5) is 28.0. The van der Waals surface area contributed by atoms with E-state index in [4.69, 9.17) is 4.74 Å². The van der Waals surface area contributed by atoms with Crippen LogP contribution in [0, 0.1) is 10.1 Å². The lowest BCUT2D eigenvalue weighted by Gasteiger charge is -2.28. The summed E-state index contributed by atoms with van der Waals surface area (Å²) in [6.07, 6.45) is 0. The Bertz CT molecular complexity index is 521. The number of esters is 1. The molecule has 1 heterocycles. The Morgan fingerprint density at radius 2 is 2.14 bits per heavy atom. The molecule has 1 rings (SSSR count). The van der Waals surface area contributed by atoms with Crippen LogP contribution < -0.4 is 4.90 Å². The van der Waals surface area contributed by atoms with Crippen molar-refractivity contribution in [3.8, 4) is 0 Å². The number of nitrogens with zero attached hydrogens (tertiary/aromatic N) is 3. The van der Waals surface area contributed by atoms with Gasteiger partial charge in [0.25, 0.3) is 0 Å². The van der Waals surface area contributed by atoms with Gasteiger partial charge < -0.3 is 14.4 Å². The van der Waals surface area contributed by atoms with E-state index >= 15 is 0 Å². The molecule has 0 aliphatic rings. The number of hydrogen-bond acceptors (Lipinski definition) is 7. The molecule has 8 heteroatoms. The molecule has 0 bridgehead atoms. The number of pyridine rings is 1. The maximum Gasteiger partial charge on any atom is 0.356 e. The third kappa shape index (κ3) is 3.88. The average molecular weight is 297 g/mol. The molecular weight excluding hydrogens is 278 g/mol. The highest BCUT2D eigenvalue weighted by Crippen LogP contribution is 2.27. The highest BCUT2D eigenvalue weighted by Gasteiger charge is 2.26. The number of aromatic nitrogens is 1.